The number of carbonyl (C=O) groups excluding carboxylic acids is 2. The van der Waals surface area contributed by atoms with Crippen molar-refractivity contribution in [2.45, 2.75) is 6.18 Å². The van der Waals surface area contributed by atoms with Crippen LogP contribution in [0.25, 0.3) is 0 Å². The number of piperazine rings is 2. The highest BCUT2D eigenvalue weighted by molar-refractivity contribution is 7.14. The third-order valence-electron chi connectivity index (χ3n) is 7.01. The molecule has 0 aliphatic carbocycles. The number of aromatic nitrogens is 1. The second-order valence-electron chi connectivity index (χ2n) is 9.65. The number of anilines is 3. The van der Waals surface area contributed by atoms with Gasteiger partial charge in [0.25, 0.3) is 5.91 Å². The first kappa shape index (κ1) is 27.8. The Morgan fingerprint density at radius 1 is 0.900 bits per heavy atom. The Kier molecular flexibility index (Phi) is 8.22. The molecule has 2 aliphatic rings. The number of halogens is 4. The van der Waals surface area contributed by atoms with Gasteiger partial charge < -0.3 is 20.0 Å². The molecule has 0 spiro atoms. The minimum atomic E-state index is -4.39. The van der Waals surface area contributed by atoms with Gasteiger partial charge in [0.15, 0.2) is 5.13 Å². The third-order valence-corrected chi connectivity index (χ3v) is 7.77. The van der Waals surface area contributed by atoms with Crippen LogP contribution < -0.4 is 10.2 Å². The van der Waals surface area contributed by atoms with Gasteiger partial charge in [-0.25, -0.2) is 9.37 Å². The lowest BCUT2D eigenvalue weighted by Crippen LogP contribution is -2.54. The fourth-order valence-corrected chi connectivity index (χ4v) is 5.45. The van der Waals surface area contributed by atoms with Crippen LogP contribution in [0.1, 0.15) is 16.1 Å². The molecule has 40 heavy (non-hydrogen) atoms. The fraction of sp³-hybridized carbons (Fsp3) is 0.370. The molecule has 3 heterocycles. The van der Waals surface area contributed by atoms with E-state index in [0.717, 1.165) is 12.1 Å². The molecule has 0 saturated carbocycles. The minimum Gasteiger partial charge on any atom is -0.368 e. The quantitative estimate of drug-likeness (QED) is 0.445. The second-order valence-corrected chi connectivity index (χ2v) is 10.5. The molecule has 0 radical (unpaired) electrons. The highest BCUT2D eigenvalue weighted by atomic mass is 32.1. The predicted molar refractivity (Wildman–Crippen MR) is 144 cm³/mol. The highest BCUT2D eigenvalue weighted by Crippen LogP contribution is 2.32. The van der Waals surface area contributed by atoms with Crippen molar-refractivity contribution >= 4 is 39.7 Å². The maximum atomic E-state index is 13.1. The summed E-state index contributed by atoms with van der Waals surface area (Å²) in [5, 5.41) is 5.28. The van der Waals surface area contributed by atoms with Crippen LogP contribution in [0.2, 0.25) is 0 Å². The van der Waals surface area contributed by atoms with Crippen molar-refractivity contribution in [3.8, 4) is 0 Å². The zero-order chi connectivity index (χ0) is 28.3. The number of carbonyl (C=O) groups is 2. The number of alkyl halides is 3. The lowest BCUT2D eigenvalue weighted by molar-refractivity contribution is -0.137. The largest absolute Gasteiger partial charge is 0.416 e. The van der Waals surface area contributed by atoms with Crippen molar-refractivity contribution in [3.63, 3.8) is 0 Å². The molecule has 212 valence electrons. The lowest BCUT2D eigenvalue weighted by Gasteiger charge is -2.38. The fourth-order valence-electron chi connectivity index (χ4n) is 4.74. The maximum absolute atomic E-state index is 13.1. The number of nitrogens with one attached hydrogen (secondary N) is 1. The molecular weight excluding hydrogens is 548 g/mol. The molecule has 3 aromatic rings. The molecule has 5 rings (SSSR count). The number of hydrogen-bond donors (Lipinski definition) is 1. The number of amides is 2. The average molecular weight is 577 g/mol. The number of thiazole rings is 1. The first-order chi connectivity index (χ1) is 19.2. The molecule has 1 N–H and O–H groups in total. The molecule has 0 bridgehead atoms. The number of hydrogen-bond acceptors (Lipinski definition) is 7. The summed E-state index contributed by atoms with van der Waals surface area (Å²) >= 11 is 1.29. The van der Waals surface area contributed by atoms with Crippen LogP contribution in [0.5, 0.6) is 0 Å². The molecule has 2 aliphatic heterocycles. The van der Waals surface area contributed by atoms with Crippen molar-refractivity contribution in [1.29, 1.82) is 0 Å². The van der Waals surface area contributed by atoms with E-state index in [2.05, 4.69) is 10.3 Å². The highest BCUT2D eigenvalue weighted by Gasteiger charge is 2.32. The molecule has 1 aromatic heterocycles. The van der Waals surface area contributed by atoms with Gasteiger partial charge >= 0.3 is 6.18 Å². The number of benzene rings is 2. The summed E-state index contributed by atoms with van der Waals surface area (Å²) in [6.45, 7) is 4.05. The predicted octanol–water partition coefficient (Wildman–Crippen LogP) is 4.15. The van der Waals surface area contributed by atoms with Gasteiger partial charge in [0, 0.05) is 69.1 Å². The first-order valence-corrected chi connectivity index (χ1v) is 13.7. The lowest BCUT2D eigenvalue weighted by atomic mass is 10.1. The van der Waals surface area contributed by atoms with E-state index < -0.39 is 11.7 Å². The SMILES string of the molecule is O=C(CN1CCN(C(=O)c2csc(Nc3ccc(F)cc3)n2)CC1)N1CCN(c2cccc(C(F)(F)F)c2)CC1. The van der Waals surface area contributed by atoms with Crippen molar-refractivity contribution in [2.75, 3.05) is 69.1 Å². The van der Waals surface area contributed by atoms with Gasteiger partial charge in [-0.3, -0.25) is 14.5 Å². The summed E-state index contributed by atoms with van der Waals surface area (Å²) in [4.78, 5) is 37.5. The second kappa shape index (κ2) is 11.8. The van der Waals surface area contributed by atoms with Crippen molar-refractivity contribution in [2.24, 2.45) is 0 Å². The molecule has 2 fully saturated rings. The number of rotatable bonds is 6. The van der Waals surface area contributed by atoms with E-state index in [-0.39, 0.29) is 24.2 Å². The van der Waals surface area contributed by atoms with Crippen LogP contribution in [0.3, 0.4) is 0 Å². The van der Waals surface area contributed by atoms with E-state index in [1.807, 2.05) is 9.80 Å². The molecule has 0 atom stereocenters. The van der Waals surface area contributed by atoms with Crippen molar-refractivity contribution < 1.29 is 27.2 Å². The Balaban J connectivity index is 1.06. The third kappa shape index (κ3) is 6.70. The van der Waals surface area contributed by atoms with Crippen LogP contribution in [0.4, 0.5) is 34.1 Å². The van der Waals surface area contributed by atoms with Crippen LogP contribution in [0, 0.1) is 5.82 Å². The normalized spacial score (nSPS) is 16.8. The van der Waals surface area contributed by atoms with Crippen molar-refractivity contribution in [1.82, 2.24) is 19.7 Å². The molecule has 13 heteroatoms. The zero-order valence-electron chi connectivity index (χ0n) is 21.5. The summed E-state index contributed by atoms with van der Waals surface area (Å²) in [5.74, 6) is -0.544. The summed E-state index contributed by atoms with van der Waals surface area (Å²) in [5.41, 5.74) is 0.821. The molecular formula is C27H28F4N6O2S. The Labute approximate surface area is 232 Å². The Hall–Kier alpha value is -3.71. The van der Waals surface area contributed by atoms with E-state index in [1.54, 1.807) is 33.4 Å². The molecule has 2 amide bonds. The van der Waals surface area contributed by atoms with E-state index in [9.17, 15) is 27.2 Å². The van der Waals surface area contributed by atoms with Crippen LogP contribution in [-0.2, 0) is 11.0 Å². The molecule has 2 aromatic carbocycles. The molecule has 2 saturated heterocycles. The summed E-state index contributed by atoms with van der Waals surface area (Å²) < 4.78 is 52.3. The number of nitrogens with zero attached hydrogens (tertiary/aromatic N) is 5. The molecule has 8 nitrogen and oxygen atoms in total. The summed E-state index contributed by atoms with van der Waals surface area (Å²) in [6, 6.07) is 11.1. The summed E-state index contributed by atoms with van der Waals surface area (Å²) in [7, 11) is 0. The van der Waals surface area contributed by atoms with Gasteiger partial charge in [-0.1, -0.05) is 6.07 Å². The van der Waals surface area contributed by atoms with Gasteiger partial charge in [-0.2, -0.15) is 13.2 Å². The van der Waals surface area contributed by atoms with E-state index in [0.29, 0.717) is 74.6 Å². The monoisotopic (exact) mass is 576 g/mol. The average Bonchev–Trinajstić information content (AvgIpc) is 3.42. The van der Waals surface area contributed by atoms with E-state index >= 15 is 0 Å². The minimum absolute atomic E-state index is 0.0283. The molecule has 0 unspecified atom stereocenters. The van der Waals surface area contributed by atoms with Crippen molar-refractivity contribution in [3.05, 3.63) is 71.0 Å². The van der Waals surface area contributed by atoms with Crippen LogP contribution in [0.15, 0.2) is 53.9 Å². The topological polar surface area (TPSA) is 72.0 Å². The Morgan fingerprint density at radius 3 is 2.25 bits per heavy atom. The van der Waals surface area contributed by atoms with Crippen LogP contribution in [-0.4, -0.2) is 90.4 Å². The van der Waals surface area contributed by atoms with Gasteiger partial charge in [-0.15, -0.1) is 11.3 Å². The van der Waals surface area contributed by atoms with Gasteiger partial charge in [0.1, 0.15) is 11.5 Å². The zero-order valence-corrected chi connectivity index (χ0v) is 22.3. The first-order valence-electron chi connectivity index (χ1n) is 12.9. The van der Waals surface area contributed by atoms with Gasteiger partial charge in [0.05, 0.1) is 12.1 Å². The Morgan fingerprint density at radius 2 is 1.57 bits per heavy atom. The van der Waals surface area contributed by atoms with E-state index in [1.165, 1.54) is 29.5 Å². The van der Waals surface area contributed by atoms with E-state index in [4.69, 9.17) is 0 Å². The van der Waals surface area contributed by atoms with Gasteiger partial charge in [-0.05, 0) is 42.5 Å². The van der Waals surface area contributed by atoms with Crippen LogP contribution >= 0.6 is 11.3 Å². The standard InChI is InChI=1S/C27H28F4N6O2S/c28-20-4-6-21(7-5-20)32-26-33-23(18-40-26)25(39)37-10-8-34(9-11-37)17-24(38)36-14-12-35(13-15-36)22-3-1-2-19(16-22)27(29,30)31/h1-7,16,18H,8-15,17H2,(H,32,33). The van der Waals surface area contributed by atoms with Gasteiger partial charge in [0.2, 0.25) is 5.91 Å². The Bertz CT molecular complexity index is 1330. The maximum Gasteiger partial charge on any atom is 0.416 e. The summed E-state index contributed by atoms with van der Waals surface area (Å²) in [6.07, 6.45) is -4.39. The smallest absolute Gasteiger partial charge is 0.368 e.